The maximum atomic E-state index is 13.3. The fraction of sp³-hybridized carbons (Fsp3) is 0.587. The van der Waals surface area contributed by atoms with Crippen molar-refractivity contribution in [1.82, 2.24) is 45.6 Å². The summed E-state index contributed by atoms with van der Waals surface area (Å²) in [4.78, 5) is 94.0. The zero-order valence-electron chi connectivity index (χ0n) is 38.7. The van der Waals surface area contributed by atoms with Crippen LogP contribution in [0.15, 0.2) is 42.5 Å². The first kappa shape index (κ1) is 50.4. The van der Waals surface area contributed by atoms with Gasteiger partial charge < -0.3 is 35.6 Å². The summed E-state index contributed by atoms with van der Waals surface area (Å²) in [6.07, 6.45) is 4.14. The Labute approximate surface area is 405 Å². The van der Waals surface area contributed by atoms with Gasteiger partial charge in [-0.3, -0.25) is 54.0 Å². The van der Waals surface area contributed by atoms with Crippen molar-refractivity contribution in [2.45, 2.75) is 68.2 Å². The number of carbonyl (C=O) groups excluding carboxylic acids is 7. The zero-order chi connectivity index (χ0) is 48.7. The molecule has 8 rings (SSSR count). The summed E-state index contributed by atoms with van der Waals surface area (Å²) in [6.45, 7) is 5.52. The molecule has 6 atom stereocenters. The van der Waals surface area contributed by atoms with E-state index in [1.807, 2.05) is 4.90 Å². The van der Waals surface area contributed by atoms with E-state index in [0.29, 0.717) is 64.0 Å². The molecule has 0 saturated carbocycles. The van der Waals surface area contributed by atoms with E-state index in [0.717, 1.165) is 54.9 Å². The summed E-state index contributed by atoms with van der Waals surface area (Å²) in [7, 11) is -3.36. The van der Waals surface area contributed by atoms with Crippen LogP contribution in [0.1, 0.15) is 82.3 Å². The summed E-state index contributed by atoms with van der Waals surface area (Å²) in [5.41, 5.74) is 2.98. The molecule has 5 saturated heterocycles. The van der Waals surface area contributed by atoms with Crippen LogP contribution in [0.2, 0.25) is 0 Å². The smallest absolute Gasteiger partial charge is 0.264 e. The van der Waals surface area contributed by atoms with Crippen LogP contribution < -0.4 is 31.9 Å². The molecule has 23 heteroatoms. The number of piperidine rings is 2. The Morgan fingerprint density at radius 2 is 1.65 bits per heavy atom. The third-order valence-electron chi connectivity index (χ3n) is 13.6. The molecule has 6 aliphatic rings. The summed E-state index contributed by atoms with van der Waals surface area (Å²) < 4.78 is 36.3. The molecule has 2 aromatic rings. The molecule has 6 heterocycles. The number of nitrogens with zero attached hydrogens (tertiary/aromatic N) is 4. The maximum Gasteiger partial charge on any atom is 0.264 e. The molecule has 0 aliphatic carbocycles. The van der Waals surface area contributed by atoms with Gasteiger partial charge in [-0.05, 0) is 61.4 Å². The minimum absolute atomic E-state index is 0.0439. The predicted octanol–water partition coefficient (Wildman–Crippen LogP) is -0.264. The summed E-state index contributed by atoms with van der Waals surface area (Å²) in [6, 6.07) is 12.6. The Morgan fingerprint density at radius 3 is 2.42 bits per heavy atom. The topological polar surface area (TPSA) is 257 Å². The fourth-order valence-electron chi connectivity index (χ4n) is 9.85. The Bertz CT molecular complexity index is 2390. The van der Waals surface area contributed by atoms with Gasteiger partial charge in [-0.25, -0.2) is 12.7 Å². The summed E-state index contributed by atoms with van der Waals surface area (Å²) >= 11 is 1.60. The normalized spacial score (nSPS) is 25.7. The third kappa shape index (κ3) is 12.5. The van der Waals surface area contributed by atoms with Crippen molar-refractivity contribution in [2.24, 2.45) is 5.92 Å². The first-order valence-electron chi connectivity index (χ1n) is 23.7. The van der Waals surface area contributed by atoms with Gasteiger partial charge in [-0.15, -0.1) is 11.8 Å². The molecule has 0 bridgehead atoms. The van der Waals surface area contributed by atoms with Crippen molar-refractivity contribution in [3.8, 4) is 0 Å². The third-order valence-corrected chi connectivity index (χ3v) is 16.0. The summed E-state index contributed by atoms with van der Waals surface area (Å²) in [5.74, 6) is -2.14. The van der Waals surface area contributed by atoms with Gasteiger partial charge in [0.15, 0.2) is 0 Å². The molecular weight excluding hydrogens is 933 g/mol. The number of hydrogen-bond acceptors (Lipinski definition) is 16. The lowest BCUT2D eigenvalue weighted by atomic mass is 9.86. The largest absolute Gasteiger partial charge is 0.382 e. The highest BCUT2D eigenvalue weighted by Crippen LogP contribution is 2.35. The van der Waals surface area contributed by atoms with E-state index < -0.39 is 45.6 Å². The fourth-order valence-corrected chi connectivity index (χ4v) is 11.9. The van der Waals surface area contributed by atoms with E-state index in [9.17, 15) is 42.0 Å². The number of anilines is 1. The van der Waals surface area contributed by atoms with Crippen molar-refractivity contribution < 1.29 is 51.5 Å². The second kappa shape index (κ2) is 22.8. The van der Waals surface area contributed by atoms with Crippen LogP contribution in [0.4, 0.5) is 5.69 Å². The monoisotopic (exact) mass is 994 g/mol. The molecule has 374 valence electrons. The van der Waals surface area contributed by atoms with Crippen molar-refractivity contribution in [3.63, 3.8) is 0 Å². The van der Waals surface area contributed by atoms with Gasteiger partial charge in [0, 0.05) is 69.7 Å². The Morgan fingerprint density at radius 1 is 0.884 bits per heavy atom. The maximum absolute atomic E-state index is 13.3. The van der Waals surface area contributed by atoms with Crippen LogP contribution >= 0.6 is 11.8 Å². The van der Waals surface area contributed by atoms with E-state index >= 15 is 0 Å². The second-order valence-corrected chi connectivity index (χ2v) is 21.3. The highest BCUT2D eigenvalue weighted by Gasteiger charge is 2.46. The highest BCUT2D eigenvalue weighted by molar-refractivity contribution is 8.00. The molecule has 5 fully saturated rings. The number of ether oxygens (including phenoxy) is 2. The van der Waals surface area contributed by atoms with Crippen LogP contribution in [0.5, 0.6) is 0 Å². The average Bonchev–Trinajstić information content (AvgIpc) is 4.10. The van der Waals surface area contributed by atoms with Crippen LogP contribution in [-0.4, -0.2) is 184 Å². The molecule has 21 nitrogen and oxygen atoms in total. The molecule has 6 unspecified atom stereocenters. The molecule has 69 heavy (non-hydrogen) atoms. The van der Waals surface area contributed by atoms with Gasteiger partial charge in [0.25, 0.3) is 11.8 Å². The molecule has 0 radical (unpaired) electrons. The number of sulfonamides is 1. The number of rotatable bonds is 19. The standard InChI is InChI=1S/C46H62N10O11S2/c1-69(64,65)55-15-11-32(27-55)42(60)49-26-39(58)52-46-50-35(28-68-46)31-5-2-4-29(24-31)30-10-13-48-37(25-30)53-16-18-54(19-17-53)40(59)12-20-66-22-23-67-21-14-47-34-7-3-6-33-41(34)45(63)56(44(33)62)36-8-9-38(57)51-43(36)61/h2-7,24,30,32,35-37,46-48,50H,8-23,25-28H2,1H3,(H,49,60)(H,52,58)(H,51,57,61). The molecular formula is C46H62N10O11S2. The highest BCUT2D eigenvalue weighted by atomic mass is 32.2. The SMILES string of the molecule is CS(=O)(=O)N1CCC(C(=O)NCC(=O)NC2NC(c3cccc(C4CCNC(N5CCN(C(=O)CCOCCOCCNc6cccc7c6C(=O)N(C6CCC(=O)NC6=O)C7=O)CC5)C4)c3)CS2)C1. The van der Waals surface area contributed by atoms with E-state index in [4.69, 9.17) is 9.47 Å². The van der Waals surface area contributed by atoms with E-state index in [1.165, 1.54) is 9.87 Å². The molecule has 7 amide bonds. The first-order valence-corrected chi connectivity index (χ1v) is 26.6. The lowest BCUT2D eigenvalue weighted by Crippen LogP contribution is -2.57. The lowest BCUT2D eigenvalue weighted by Gasteiger charge is -2.43. The molecule has 6 N–H and O–H groups in total. The minimum atomic E-state index is -3.36. The number of carbonyl (C=O) groups is 7. The number of imide groups is 2. The quantitative estimate of drug-likeness (QED) is 0.0783. The Balaban J connectivity index is 0.684. The van der Waals surface area contributed by atoms with Crippen LogP contribution in [-0.2, 0) is 43.5 Å². The van der Waals surface area contributed by atoms with Crippen molar-refractivity contribution >= 4 is 68.8 Å². The van der Waals surface area contributed by atoms with Crippen LogP contribution in [0.3, 0.4) is 0 Å². The van der Waals surface area contributed by atoms with Crippen LogP contribution in [0, 0.1) is 5.92 Å². The summed E-state index contributed by atoms with van der Waals surface area (Å²) in [5, 5.41) is 18.2. The van der Waals surface area contributed by atoms with Gasteiger partial charge in [-0.2, -0.15) is 0 Å². The van der Waals surface area contributed by atoms with Gasteiger partial charge >= 0.3 is 0 Å². The number of thioether (sulfide) groups is 1. The van der Waals surface area contributed by atoms with Crippen LogP contribution in [0.25, 0.3) is 0 Å². The van der Waals surface area contributed by atoms with Gasteiger partial charge in [-0.1, -0.05) is 30.3 Å². The van der Waals surface area contributed by atoms with Crippen molar-refractivity contribution in [3.05, 3.63) is 64.7 Å². The number of nitrogens with one attached hydrogen (secondary N) is 6. The molecule has 6 aliphatic heterocycles. The lowest BCUT2D eigenvalue weighted by molar-refractivity contribution is -0.136. The zero-order valence-corrected chi connectivity index (χ0v) is 40.4. The Kier molecular flexibility index (Phi) is 16.7. The van der Waals surface area contributed by atoms with E-state index in [-0.39, 0.29) is 85.5 Å². The van der Waals surface area contributed by atoms with Crippen molar-refractivity contribution in [2.75, 3.05) is 103 Å². The first-order chi connectivity index (χ1) is 33.2. The van der Waals surface area contributed by atoms with Crippen molar-refractivity contribution in [1.29, 1.82) is 0 Å². The average molecular weight is 995 g/mol. The van der Waals surface area contributed by atoms with E-state index in [2.05, 4.69) is 61.1 Å². The van der Waals surface area contributed by atoms with E-state index in [1.54, 1.807) is 30.0 Å². The Hall–Kier alpha value is -5.01. The van der Waals surface area contributed by atoms with Gasteiger partial charge in [0.05, 0.1) is 68.9 Å². The number of benzene rings is 2. The predicted molar refractivity (Wildman–Crippen MR) is 254 cm³/mol. The van der Waals surface area contributed by atoms with Gasteiger partial charge in [0.1, 0.15) is 11.5 Å². The number of fused-ring (bicyclic) bond motifs is 1. The minimum Gasteiger partial charge on any atom is -0.382 e. The van der Waals surface area contributed by atoms with Gasteiger partial charge in [0.2, 0.25) is 39.6 Å². The number of hydrogen-bond donors (Lipinski definition) is 6. The molecule has 0 aromatic heterocycles. The molecule has 2 aromatic carbocycles. The second-order valence-electron chi connectivity index (χ2n) is 18.2. The number of amides is 7. The molecule has 0 spiro atoms. The number of piperazine rings is 1.